The van der Waals surface area contributed by atoms with Crippen molar-refractivity contribution in [3.05, 3.63) is 0 Å². The van der Waals surface area contributed by atoms with Crippen molar-refractivity contribution in [3.63, 3.8) is 0 Å². The first-order valence-electron chi connectivity index (χ1n) is 5.87. The molecule has 0 radical (unpaired) electrons. The highest BCUT2D eigenvalue weighted by molar-refractivity contribution is 5.82. The van der Waals surface area contributed by atoms with E-state index >= 15 is 0 Å². The normalized spacial score (nSPS) is 43.9. The molecule has 3 aliphatic rings. The van der Waals surface area contributed by atoms with Gasteiger partial charge in [-0.05, 0) is 37.8 Å². The van der Waals surface area contributed by atoms with E-state index in [9.17, 15) is 9.18 Å². The number of nitrogens with zero attached hydrogens (tertiary/aromatic N) is 1. The molecule has 2 saturated heterocycles. The second kappa shape index (κ2) is 3.44. The fraction of sp³-hybridized carbons (Fsp3) is 0.909. The van der Waals surface area contributed by atoms with Crippen LogP contribution in [0, 0.1) is 17.8 Å². The first-order chi connectivity index (χ1) is 7.24. The van der Waals surface area contributed by atoms with E-state index in [1.807, 2.05) is 4.90 Å². The Labute approximate surface area is 89.0 Å². The number of hydrogen-bond donors (Lipinski definition) is 1. The van der Waals surface area contributed by atoms with E-state index in [0.29, 0.717) is 18.3 Å². The summed E-state index contributed by atoms with van der Waals surface area (Å²) in [6, 6.07) is 0. The molecule has 2 unspecified atom stereocenters. The Kier molecular flexibility index (Phi) is 2.20. The summed E-state index contributed by atoms with van der Waals surface area (Å²) in [6.07, 6.45) is 0.848. The molecular formula is C11H17FN2O. The molecule has 2 aliphatic heterocycles. The summed E-state index contributed by atoms with van der Waals surface area (Å²) < 4.78 is 12.8. The van der Waals surface area contributed by atoms with Crippen LogP contribution in [0.15, 0.2) is 0 Å². The van der Waals surface area contributed by atoms with Gasteiger partial charge in [0.05, 0.1) is 5.92 Å². The Balaban J connectivity index is 1.64. The van der Waals surface area contributed by atoms with Gasteiger partial charge in [0.15, 0.2) is 0 Å². The number of rotatable bonds is 1. The third kappa shape index (κ3) is 1.75. The number of nitrogens with one attached hydrogen (secondary N) is 1. The molecule has 3 nitrogen and oxygen atoms in total. The number of hydrogen-bond acceptors (Lipinski definition) is 2. The minimum atomic E-state index is -0.850. The van der Waals surface area contributed by atoms with E-state index in [1.54, 1.807) is 0 Å². The van der Waals surface area contributed by atoms with Crippen molar-refractivity contribution in [1.29, 1.82) is 0 Å². The Morgan fingerprint density at radius 2 is 1.80 bits per heavy atom. The van der Waals surface area contributed by atoms with E-state index in [2.05, 4.69) is 5.32 Å². The lowest BCUT2D eigenvalue weighted by Crippen LogP contribution is -2.53. The Morgan fingerprint density at radius 1 is 1.20 bits per heavy atom. The summed E-state index contributed by atoms with van der Waals surface area (Å²) in [5.41, 5.74) is 0. The van der Waals surface area contributed by atoms with Crippen molar-refractivity contribution in [1.82, 2.24) is 10.2 Å². The minimum Gasteiger partial charge on any atom is -0.342 e. The predicted octanol–water partition coefficient (Wildman–Crippen LogP) is 0.412. The molecule has 0 aromatic carbocycles. The van der Waals surface area contributed by atoms with Crippen molar-refractivity contribution in [2.24, 2.45) is 17.8 Å². The highest BCUT2D eigenvalue weighted by atomic mass is 19.1. The topological polar surface area (TPSA) is 32.3 Å². The Bertz CT molecular complexity index is 272. The maximum Gasteiger partial charge on any atom is 0.228 e. The summed E-state index contributed by atoms with van der Waals surface area (Å²) >= 11 is 0. The van der Waals surface area contributed by atoms with Crippen molar-refractivity contribution in [3.8, 4) is 0 Å². The van der Waals surface area contributed by atoms with Crippen LogP contribution in [-0.2, 0) is 4.79 Å². The van der Waals surface area contributed by atoms with E-state index in [1.165, 1.54) is 6.42 Å². The molecule has 4 atom stereocenters. The van der Waals surface area contributed by atoms with Gasteiger partial charge in [-0.1, -0.05) is 0 Å². The first kappa shape index (κ1) is 9.58. The molecule has 2 bridgehead atoms. The van der Waals surface area contributed by atoms with Gasteiger partial charge >= 0.3 is 0 Å². The molecule has 1 amide bonds. The Hall–Kier alpha value is -0.640. The predicted molar refractivity (Wildman–Crippen MR) is 54.0 cm³/mol. The molecule has 3 fully saturated rings. The number of carbonyl (C=O) groups excluding carboxylic acids is 1. The van der Waals surface area contributed by atoms with Crippen LogP contribution in [0.5, 0.6) is 0 Å². The molecule has 84 valence electrons. The lowest BCUT2D eigenvalue weighted by atomic mass is 9.85. The van der Waals surface area contributed by atoms with Gasteiger partial charge in [-0.3, -0.25) is 4.79 Å². The highest BCUT2D eigenvalue weighted by Gasteiger charge is 2.47. The van der Waals surface area contributed by atoms with Crippen molar-refractivity contribution in [2.75, 3.05) is 26.2 Å². The maximum absolute atomic E-state index is 12.8. The zero-order valence-corrected chi connectivity index (χ0v) is 8.79. The van der Waals surface area contributed by atoms with E-state index in [0.717, 1.165) is 26.2 Å². The van der Waals surface area contributed by atoms with Gasteiger partial charge in [0, 0.05) is 13.1 Å². The SMILES string of the molecule is O=C([C@@H]1C[C@H]1F)N1CC2CNCC(C2)C1. The molecule has 1 saturated carbocycles. The molecule has 0 aromatic rings. The van der Waals surface area contributed by atoms with Crippen molar-refractivity contribution < 1.29 is 9.18 Å². The number of fused-ring (bicyclic) bond motifs is 2. The molecule has 3 rings (SSSR count). The van der Waals surface area contributed by atoms with Gasteiger partial charge in [-0.2, -0.15) is 0 Å². The van der Waals surface area contributed by atoms with Gasteiger partial charge in [-0.15, -0.1) is 0 Å². The van der Waals surface area contributed by atoms with Crippen LogP contribution in [0.2, 0.25) is 0 Å². The number of alkyl halides is 1. The van der Waals surface area contributed by atoms with Gasteiger partial charge in [0.25, 0.3) is 0 Å². The summed E-state index contributed by atoms with van der Waals surface area (Å²) in [5.74, 6) is 0.965. The molecule has 2 heterocycles. The summed E-state index contributed by atoms with van der Waals surface area (Å²) in [4.78, 5) is 13.8. The van der Waals surface area contributed by atoms with Gasteiger partial charge in [0.2, 0.25) is 5.91 Å². The molecule has 1 N–H and O–H groups in total. The quantitative estimate of drug-likeness (QED) is 0.683. The fourth-order valence-electron chi connectivity index (χ4n) is 2.94. The zero-order valence-electron chi connectivity index (χ0n) is 8.79. The van der Waals surface area contributed by atoms with Gasteiger partial charge in [-0.25, -0.2) is 4.39 Å². The van der Waals surface area contributed by atoms with Crippen LogP contribution in [0.4, 0.5) is 4.39 Å². The first-order valence-corrected chi connectivity index (χ1v) is 5.87. The molecule has 15 heavy (non-hydrogen) atoms. The summed E-state index contributed by atoms with van der Waals surface area (Å²) in [7, 11) is 0. The van der Waals surface area contributed by atoms with E-state index in [4.69, 9.17) is 0 Å². The summed E-state index contributed by atoms with van der Waals surface area (Å²) in [6.45, 7) is 3.71. The van der Waals surface area contributed by atoms with Crippen LogP contribution in [0.1, 0.15) is 12.8 Å². The largest absolute Gasteiger partial charge is 0.342 e. The third-order valence-corrected chi connectivity index (χ3v) is 3.83. The number of piperidine rings is 2. The molecule has 4 heteroatoms. The summed E-state index contributed by atoms with van der Waals surface area (Å²) in [5, 5.41) is 3.39. The van der Waals surface area contributed by atoms with Crippen LogP contribution in [-0.4, -0.2) is 43.2 Å². The second-order valence-corrected chi connectivity index (χ2v) is 5.23. The Morgan fingerprint density at radius 3 is 2.33 bits per heavy atom. The van der Waals surface area contributed by atoms with E-state index in [-0.39, 0.29) is 11.8 Å². The standard InChI is InChI=1S/C11H17FN2O/c12-10-2-9(10)11(15)14-5-7-1-8(6-14)4-13-3-7/h7-10,13H,1-6H2/t7?,8?,9-,10-/m1/s1. The minimum absolute atomic E-state index is 0.0686. The number of likely N-dealkylation sites (tertiary alicyclic amines) is 1. The highest BCUT2D eigenvalue weighted by Crippen LogP contribution is 2.37. The molecule has 1 aliphatic carbocycles. The smallest absolute Gasteiger partial charge is 0.228 e. The van der Waals surface area contributed by atoms with Crippen molar-refractivity contribution >= 4 is 5.91 Å². The van der Waals surface area contributed by atoms with Crippen LogP contribution >= 0.6 is 0 Å². The molecule has 0 spiro atoms. The molecule has 0 aromatic heterocycles. The fourth-order valence-corrected chi connectivity index (χ4v) is 2.94. The van der Waals surface area contributed by atoms with E-state index < -0.39 is 6.17 Å². The monoisotopic (exact) mass is 212 g/mol. The number of amides is 1. The van der Waals surface area contributed by atoms with Crippen LogP contribution in [0.3, 0.4) is 0 Å². The molecular weight excluding hydrogens is 195 g/mol. The maximum atomic E-state index is 12.8. The number of carbonyl (C=O) groups is 1. The second-order valence-electron chi connectivity index (χ2n) is 5.23. The lowest BCUT2D eigenvalue weighted by Gasteiger charge is -2.41. The average Bonchev–Trinajstić information content (AvgIpc) is 2.94. The van der Waals surface area contributed by atoms with Crippen LogP contribution in [0.25, 0.3) is 0 Å². The van der Waals surface area contributed by atoms with Crippen LogP contribution < -0.4 is 5.32 Å². The third-order valence-electron chi connectivity index (χ3n) is 3.83. The van der Waals surface area contributed by atoms with Crippen molar-refractivity contribution in [2.45, 2.75) is 19.0 Å². The van der Waals surface area contributed by atoms with Gasteiger partial charge < -0.3 is 10.2 Å². The van der Waals surface area contributed by atoms with Gasteiger partial charge in [0.1, 0.15) is 6.17 Å². The average molecular weight is 212 g/mol. The zero-order chi connectivity index (χ0) is 10.4. The lowest BCUT2D eigenvalue weighted by molar-refractivity contribution is -0.136. The number of halogens is 1.